The molecule has 1 aromatic carbocycles. The van der Waals surface area contributed by atoms with Gasteiger partial charge in [0.25, 0.3) is 0 Å². The summed E-state index contributed by atoms with van der Waals surface area (Å²) in [5, 5.41) is 2.66. The molecule has 1 aromatic rings. The molecular formula is C8H8FN. The first kappa shape index (κ1) is 5.86. The Morgan fingerprint density at radius 3 is 2.40 bits per heavy atom. The molecule has 0 saturated carbocycles. The molecule has 0 aliphatic carbocycles. The van der Waals surface area contributed by atoms with Crippen molar-refractivity contribution >= 4 is 0 Å². The summed E-state index contributed by atoms with van der Waals surface area (Å²) in [7, 11) is 0. The SMILES string of the molecule is FC1(c2ccccc2)CN1. The van der Waals surface area contributed by atoms with E-state index in [2.05, 4.69) is 5.32 Å². The number of benzene rings is 1. The Bertz CT molecular complexity index is 228. The normalized spacial score (nSPS) is 30.1. The number of nitrogens with one attached hydrogen (secondary N) is 1. The maximum Gasteiger partial charge on any atom is 0.200 e. The van der Waals surface area contributed by atoms with E-state index in [0.717, 1.165) is 5.56 Å². The van der Waals surface area contributed by atoms with Crippen molar-refractivity contribution in [3.8, 4) is 0 Å². The Hall–Kier alpha value is -0.890. The molecule has 1 aliphatic rings. The highest BCUT2D eigenvalue weighted by Gasteiger charge is 2.43. The van der Waals surface area contributed by atoms with Crippen molar-refractivity contribution in [1.29, 1.82) is 0 Å². The highest BCUT2D eigenvalue weighted by atomic mass is 19.1. The summed E-state index contributed by atoms with van der Waals surface area (Å²) in [6, 6.07) is 9.16. The van der Waals surface area contributed by atoms with Gasteiger partial charge >= 0.3 is 0 Å². The van der Waals surface area contributed by atoms with E-state index in [4.69, 9.17) is 0 Å². The quantitative estimate of drug-likeness (QED) is 0.458. The van der Waals surface area contributed by atoms with Crippen molar-refractivity contribution < 1.29 is 4.39 Å². The van der Waals surface area contributed by atoms with Crippen LogP contribution in [0, 0.1) is 0 Å². The average molecular weight is 137 g/mol. The van der Waals surface area contributed by atoms with Gasteiger partial charge in [0.1, 0.15) is 0 Å². The monoisotopic (exact) mass is 137 g/mol. The van der Waals surface area contributed by atoms with E-state index in [1.807, 2.05) is 18.2 Å². The molecule has 1 unspecified atom stereocenters. The van der Waals surface area contributed by atoms with Crippen molar-refractivity contribution in [1.82, 2.24) is 5.32 Å². The summed E-state index contributed by atoms with van der Waals surface area (Å²) in [5.41, 5.74) is 0.731. The summed E-state index contributed by atoms with van der Waals surface area (Å²) >= 11 is 0. The molecular weight excluding hydrogens is 129 g/mol. The molecule has 1 fully saturated rings. The van der Waals surface area contributed by atoms with E-state index in [1.54, 1.807) is 12.1 Å². The number of halogens is 1. The summed E-state index contributed by atoms with van der Waals surface area (Å²) in [4.78, 5) is 0. The van der Waals surface area contributed by atoms with E-state index in [9.17, 15) is 4.39 Å². The van der Waals surface area contributed by atoms with E-state index >= 15 is 0 Å². The van der Waals surface area contributed by atoms with Crippen molar-refractivity contribution in [2.45, 2.75) is 5.79 Å². The number of rotatable bonds is 1. The fourth-order valence-electron chi connectivity index (χ4n) is 0.984. The van der Waals surface area contributed by atoms with Gasteiger partial charge in [-0.15, -0.1) is 0 Å². The van der Waals surface area contributed by atoms with Crippen LogP contribution in [0.25, 0.3) is 0 Å². The second-order valence-corrected chi connectivity index (χ2v) is 2.52. The Balaban J connectivity index is 2.35. The van der Waals surface area contributed by atoms with Crippen molar-refractivity contribution in [3.05, 3.63) is 35.9 Å². The molecule has 10 heavy (non-hydrogen) atoms. The van der Waals surface area contributed by atoms with Gasteiger partial charge < -0.3 is 0 Å². The van der Waals surface area contributed by atoms with Gasteiger partial charge in [-0.25, -0.2) is 4.39 Å². The minimum Gasteiger partial charge on any atom is -0.275 e. The lowest BCUT2D eigenvalue weighted by atomic mass is 10.1. The Kier molecular flexibility index (Phi) is 1.05. The molecule has 0 spiro atoms. The van der Waals surface area contributed by atoms with E-state index in [1.165, 1.54) is 0 Å². The van der Waals surface area contributed by atoms with Gasteiger partial charge in [-0.1, -0.05) is 30.3 Å². The zero-order valence-electron chi connectivity index (χ0n) is 5.47. The lowest BCUT2D eigenvalue weighted by molar-refractivity contribution is 0.310. The molecule has 1 heterocycles. The number of hydrogen-bond acceptors (Lipinski definition) is 1. The van der Waals surface area contributed by atoms with Crippen LogP contribution in [0.1, 0.15) is 5.56 Å². The number of alkyl halides is 1. The maximum atomic E-state index is 13.1. The van der Waals surface area contributed by atoms with Gasteiger partial charge in [0, 0.05) is 5.56 Å². The van der Waals surface area contributed by atoms with Crippen LogP contribution >= 0.6 is 0 Å². The fraction of sp³-hybridized carbons (Fsp3) is 0.250. The standard InChI is InChI=1S/C8H8FN/c9-8(6-10-8)7-4-2-1-3-5-7/h1-5,10H,6H2. The first-order valence-electron chi connectivity index (χ1n) is 3.31. The number of hydrogen-bond donors (Lipinski definition) is 1. The van der Waals surface area contributed by atoms with Gasteiger partial charge in [0.15, 0.2) is 5.79 Å². The molecule has 1 nitrogen and oxygen atoms in total. The molecule has 52 valence electrons. The molecule has 0 amide bonds. The Labute approximate surface area is 58.9 Å². The topological polar surface area (TPSA) is 21.9 Å². The lowest BCUT2D eigenvalue weighted by Crippen LogP contribution is -2.03. The Morgan fingerprint density at radius 2 is 1.90 bits per heavy atom. The third-order valence-corrected chi connectivity index (χ3v) is 1.72. The smallest absolute Gasteiger partial charge is 0.200 e. The lowest BCUT2D eigenvalue weighted by Gasteiger charge is -2.00. The van der Waals surface area contributed by atoms with Crippen molar-refractivity contribution in [2.75, 3.05) is 6.54 Å². The largest absolute Gasteiger partial charge is 0.275 e. The second-order valence-electron chi connectivity index (χ2n) is 2.52. The van der Waals surface area contributed by atoms with Gasteiger partial charge in [-0.2, -0.15) is 0 Å². The van der Waals surface area contributed by atoms with Crippen LogP contribution in [-0.4, -0.2) is 6.54 Å². The van der Waals surface area contributed by atoms with Gasteiger partial charge in [0.05, 0.1) is 6.54 Å². The van der Waals surface area contributed by atoms with E-state index in [-0.39, 0.29) is 0 Å². The van der Waals surface area contributed by atoms with Crippen LogP contribution in [-0.2, 0) is 5.79 Å². The predicted molar refractivity (Wildman–Crippen MR) is 37.2 cm³/mol. The van der Waals surface area contributed by atoms with Gasteiger partial charge in [-0.05, 0) is 0 Å². The molecule has 2 rings (SSSR count). The van der Waals surface area contributed by atoms with E-state index in [0.29, 0.717) is 6.54 Å². The van der Waals surface area contributed by atoms with Crippen molar-refractivity contribution in [2.24, 2.45) is 0 Å². The molecule has 2 heteroatoms. The highest BCUT2D eigenvalue weighted by molar-refractivity contribution is 5.26. The highest BCUT2D eigenvalue weighted by Crippen LogP contribution is 2.31. The first-order valence-corrected chi connectivity index (χ1v) is 3.31. The van der Waals surface area contributed by atoms with Crippen LogP contribution in [0.15, 0.2) is 30.3 Å². The summed E-state index contributed by atoms with van der Waals surface area (Å²) in [6.45, 7) is 0.455. The molecule has 1 aliphatic heterocycles. The van der Waals surface area contributed by atoms with Crippen LogP contribution < -0.4 is 5.32 Å². The maximum absolute atomic E-state index is 13.1. The fourth-order valence-corrected chi connectivity index (χ4v) is 0.984. The molecule has 0 aromatic heterocycles. The average Bonchev–Trinajstić information content (AvgIpc) is 2.72. The zero-order chi connectivity index (χ0) is 7.03. The minimum absolute atomic E-state index is 0.455. The first-order chi connectivity index (χ1) is 4.81. The van der Waals surface area contributed by atoms with Crippen LogP contribution in [0.4, 0.5) is 4.39 Å². The summed E-state index contributed by atoms with van der Waals surface area (Å²) in [6.07, 6.45) is 0. The van der Waals surface area contributed by atoms with Crippen LogP contribution in [0.2, 0.25) is 0 Å². The second kappa shape index (κ2) is 1.80. The summed E-state index contributed by atoms with van der Waals surface area (Å²) in [5.74, 6) is -1.21. The molecule has 0 bridgehead atoms. The molecule has 1 saturated heterocycles. The molecule has 1 atom stereocenters. The van der Waals surface area contributed by atoms with E-state index < -0.39 is 5.79 Å². The van der Waals surface area contributed by atoms with Crippen LogP contribution in [0.3, 0.4) is 0 Å². The van der Waals surface area contributed by atoms with Gasteiger partial charge in [0.2, 0.25) is 0 Å². The van der Waals surface area contributed by atoms with Gasteiger partial charge in [-0.3, -0.25) is 5.32 Å². The molecule has 0 radical (unpaired) electrons. The van der Waals surface area contributed by atoms with Crippen LogP contribution in [0.5, 0.6) is 0 Å². The predicted octanol–water partition coefficient (Wildman–Crippen LogP) is 1.41. The van der Waals surface area contributed by atoms with Crippen molar-refractivity contribution in [3.63, 3.8) is 0 Å². The Morgan fingerprint density at radius 1 is 1.30 bits per heavy atom. The third kappa shape index (κ3) is 0.809. The molecule has 1 N–H and O–H groups in total. The summed E-state index contributed by atoms with van der Waals surface area (Å²) < 4.78 is 13.1. The third-order valence-electron chi connectivity index (χ3n) is 1.72. The zero-order valence-corrected chi connectivity index (χ0v) is 5.47. The minimum atomic E-state index is -1.21.